The molecule has 2 aromatic rings. The third-order valence-corrected chi connectivity index (χ3v) is 3.90. The smallest absolute Gasteiger partial charge is 0.246 e. The maximum Gasteiger partial charge on any atom is 0.246 e. The molecule has 1 saturated heterocycles. The Morgan fingerprint density at radius 3 is 2.84 bits per heavy atom. The molecule has 1 unspecified atom stereocenters. The molecule has 1 aliphatic heterocycles. The lowest BCUT2D eigenvalue weighted by Crippen LogP contribution is -2.43. The molecule has 1 fully saturated rings. The van der Waals surface area contributed by atoms with Gasteiger partial charge in [0.25, 0.3) is 0 Å². The second-order valence-corrected chi connectivity index (χ2v) is 5.45. The van der Waals surface area contributed by atoms with Gasteiger partial charge in [-0.1, -0.05) is 29.4 Å². The van der Waals surface area contributed by atoms with Crippen LogP contribution in [0.3, 0.4) is 0 Å². The van der Waals surface area contributed by atoms with E-state index < -0.39 is 0 Å². The molecule has 1 N–H and O–H groups in total. The number of benzene rings is 1. The van der Waals surface area contributed by atoms with E-state index >= 15 is 0 Å². The van der Waals surface area contributed by atoms with E-state index in [-0.39, 0.29) is 5.54 Å². The Balaban J connectivity index is 1.93. The molecule has 1 atom stereocenters. The lowest BCUT2D eigenvalue weighted by atomic mass is 9.91. The average molecular weight is 257 g/mol. The zero-order valence-corrected chi connectivity index (χ0v) is 11.4. The highest BCUT2D eigenvalue weighted by Gasteiger charge is 2.34. The fraction of sp³-hybridized carbons (Fsp3) is 0.467. The highest BCUT2D eigenvalue weighted by atomic mass is 16.5. The number of hydrogen-bond donors (Lipinski definition) is 1. The van der Waals surface area contributed by atoms with Crippen LogP contribution in [-0.2, 0) is 5.54 Å². The van der Waals surface area contributed by atoms with Crippen LogP contribution in [0.5, 0.6) is 0 Å². The Bertz CT molecular complexity index is 570. The van der Waals surface area contributed by atoms with Crippen LogP contribution < -0.4 is 5.32 Å². The van der Waals surface area contributed by atoms with Gasteiger partial charge in [0.1, 0.15) is 0 Å². The molecule has 3 rings (SSSR count). The number of nitrogens with one attached hydrogen (secondary N) is 1. The van der Waals surface area contributed by atoms with Crippen molar-refractivity contribution in [1.82, 2.24) is 15.5 Å². The second kappa shape index (κ2) is 4.78. The van der Waals surface area contributed by atoms with Crippen molar-refractivity contribution in [2.75, 3.05) is 6.54 Å². The van der Waals surface area contributed by atoms with E-state index in [0.29, 0.717) is 11.7 Å². The number of aromatic nitrogens is 2. The average Bonchev–Trinajstić information content (AvgIpc) is 2.90. The fourth-order valence-electron chi connectivity index (χ4n) is 2.62. The van der Waals surface area contributed by atoms with Gasteiger partial charge in [0.05, 0.1) is 5.54 Å². The first kappa shape index (κ1) is 12.4. The Morgan fingerprint density at radius 2 is 2.11 bits per heavy atom. The largest absolute Gasteiger partial charge is 0.337 e. The van der Waals surface area contributed by atoms with Crippen molar-refractivity contribution in [2.45, 2.75) is 38.6 Å². The number of nitrogens with zero attached hydrogens (tertiary/aromatic N) is 2. The maximum absolute atomic E-state index is 5.49. The predicted molar refractivity (Wildman–Crippen MR) is 73.7 cm³/mol. The quantitative estimate of drug-likeness (QED) is 0.898. The second-order valence-electron chi connectivity index (χ2n) is 5.45. The molecule has 0 saturated carbocycles. The van der Waals surface area contributed by atoms with Crippen LogP contribution in [0.1, 0.15) is 37.6 Å². The van der Waals surface area contributed by atoms with Crippen molar-refractivity contribution in [3.63, 3.8) is 0 Å². The summed E-state index contributed by atoms with van der Waals surface area (Å²) in [7, 11) is 0. The van der Waals surface area contributed by atoms with Gasteiger partial charge in [-0.15, -0.1) is 0 Å². The number of piperidine rings is 1. The van der Waals surface area contributed by atoms with E-state index in [9.17, 15) is 0 Å². The normalized spacial score (nSPS) is 23.5. The van der Waals surface area contributed by atoms with Gasteiger partial charge >= 0.3 is 0 Å². The minimum atomic E-state index is -0.174. The molecule has 0 radical (unpaired) electrons. The van der Waals surface area contributed by atoms with Crippen molar-refractivity contribution in [1.29, 1.82) is 0 Å². The first-order chi connectivity index (χ1) is 9.19. The number of hydrogen-bond acceptors (Lipinski definition) is 4. The molecule has 2 heterocycles. The van der Waals surface area contributed by atoms with Crippen LogP contribution in [0.4, 0.5) is 0 Å². The van der Waals surface area contributed by atoms with E-state index in [1.165, 1.54) is 12.8 Å². The Morgan fingerprint density at radius 1 is 1.26 bits per heavy atom. The van der Waals surface area contributed by atoms with Crippen molar-refractivity contribution in [2.24, 2.45) is 0 Å². The first-order valence-electron chi connectivity index (χ1n) is 6.84. The highest BCUT2D eigenvalue weighted by molar-refractivity contribution is 5.59. The Kier molecular flexibility index (Phi) is 3.11. The molecule has 1 aliphatic rings. The number of aryl methyl sites for hydroxylation is 1. The molecule has 19 heavy (non-hydrogen) atoms. The van der Waals surface area contributed by atoms with Crippen LogP contribution in [0, 0.1) is 6.92 Å². The van der Waals surface area contributed by atoms with Crippen LogP contribution in [0.2, 0.25) is 0 Å². The third kappa shape index (κ3) is 2.28. The van der Waals surface area contributed by atoms with Gasteiger partial charge in [-0.3, -0.25) is 0 Å². The summed E-state index contributed by atoms with van der Waals surface area (Å²) in [5, 5.41) is 7.64. The van der Waals surface area contributed by atoms with Gasteiger partial charge in [0, 0.05) is 5.56 Å². The van der Waals surface area contributed by atoms with Gasteiger partial charge < -0.3 is 9.84 Å². The summed E-state index contributed by atoms with van der Waals surface area (Å²) in [6, 6.07) is 8.11. The van der Waals surface area contributed by atoms with E-state index in [1.807, 2.05) is 18.2 Å². The molecule has 0 spiro atoms. The van der Waals surface area contributed by atoms with E-state index in [0.717, 1.165) is 24.1 Å². The zero-order valence-electron chi connectivity index (χ0n) is 11.4. The minimum Gasteiger partial charge on any atom is -0.337 e. The van der Waals surface area contributed by atoms with Crippen LogP contribution in [0.25, 0.3) is 11.4 Å². The first-order valence-corrected chi connectivity index (χ1v) is 6.84. The molecule has 0 aliphatic carbocycles. The monoisotopic (exact) mass is 257 g/mol. The molecular weight excluding hydrogens is 238 g/mol. The van der Waals surface area contributed by atoms with Gasteiger partial charge in [0.2, 0.25) is 11.7 Å². The Hall–Kier alpha value is -1.68. The molecule has 0 amide bonds. The number of rotatable bonds is 2. The molecule has 0 bridgehead atoms. The Labute approximate surface area is 113 Å². The minimum absolute atomic E-state index is 0.174. The highest BCUT2D eigenvalue weighted by Crippen LogP contribution is 2.30. The van der Waals surface area contributed by atoms with Crippen molar-refractivity contribution in [3.8, 4) is 11.4 Å². The summed E-state index contributed by atoms with van der Waals surface area (Å²) < 4.78 is 5.49. The molecule has 1 aromatic heterocycles. The topological polar surface area (TPSA) is 51.0 Å². The lowest BCUT2D eigenvalue weighted by molar-refractivity contribution is 0.207. The summed E-state index contributed by atoms with van der Waals surface area (Å²) in [5.74, 6) is 1.38. The van der Waals surface area contributed by atoms with Crippen molar-refractivity contribution < 1.29 is 4.52 Å². The zero-order chi connectivity index (χ0) is 13.3. The molecule has 4 heteroatoms. The van der Waals surface area contributed by atoms with E-state index in [1.54, 1.807) is 0 Å². The molecule has 4 nitrogen and oxygen atoms in total. The predicted octanol–water partition coefficient (Wildman–Crippen LogP) is 3.03. The van der Waals surface area contributed by atoms with Gasteiger partial charge in [-0.2, -0.15) is 4.98 Å². The van der Waals surface area contributed by atoms with Crippen LogP contribution in [0.15, 0.2) is 28.8 Å². The third-order valence-electron chi connectivity index (χ3n) is 3.90. The van der Waals surface area contributed by atoms with Crippen molar-refractivity contribution >= 4 is 0 Å². The summed E-state index contributed by atoms with van der Waals surface area (Å²) in [4.78, 5) is 4.60. The molecular formula is C15H19N3O. The summed E-state index contributed by atoms with van der Waals surface area (Å²) in [5.41, 5.74) is 2.03. The van der Waals surface area contributed by atoms with E-state index in [2.05, 4.69) is 35.4 Å². The van der Waals surface area contributed by atoms with Crippen LogP contribution in [-0.4, -0.2) is 16.7 Å². The molecule has 1 aromatic carbocycles. The van der Waals surface area contributed by atoms with Crippen molar-refractivity contribution in [3.05, 3.63) is 35.7 Å². The lowest BCUT2D eigenvalue weighted by Gasteiger charge is -2.31. The van der Waals surface area contributed by atoms with E-state index in [4.69, 9.17) is 4.52 Å². The van der Waals surface area contributed by atoms with Gasteiger partial charge in [0.15, 0.2) is 0 Å². The summed E-state index contributed by atoms with van der Waals surface area (Å²) in [6.07, 6.45) is 3.46. The van der Waals surface area contributed by atoms with Crippen LogP contribution >= 0.6 is 0 Å². The van der Waals surface area contributed by atoms with Gasteiger partial charge in [-0.25, -0.2) is 0 Å². The fourth-order valence-corrected chi connectivity index (χ4v) is 2.62. The standard InChI is InChI=1S/C15H19N3O/c1-11-7-3-4-8-12(11)13-17-14(19-18-13)15(2)9-5-6-10-16-15/h3-4,7-8,16H,5-6,9-10H2,1-2H3. The summed E-state index contributed by atoms with van der Waals surface area (Å²) in [6.45, 7) is 5.21. The van der Waals surface area contributed by atoms with Gasteiger partial charge in [-0.05, 0) is 45.2 Å². The SMILES string of the molecule is Cc1ccccc1-c1noc(C2(C)CCCCN2)n1. The summed E-state index contributed by atoms with van der Waals surface area (Å²) >= 11 is 0. The maximum atomic E-state index is 5.49. The molecule has 100 valence electrons.